The monoisotopic (exact) mass is 463 g/mol. The number of hydrogen-bond donors (Lipinski definition) is 0. The first-order chi connectivity index (χ1) is 15.0. The van der Waals surface area contributed by atoms with E-state index in [1.165, 1.54) is 19.2 Å². The fourth-order valence-electron chi connectivity index (χ4n) is 3.84. The normalized spacial score (nSPS) is 16.4. The average molecular weight is 464 g/mol. The minimum absolute atomic E-state index is 0.135. The fraction of sp³-hybridized carbons (Fsp3) is 0.318. The Hall–Kier alpha value is -2.64. The molecule has 1 fully saturated rings. The lowest BCUT2D eigenvalue weighted by Crippen LogP contribution is -2.45. The number of ether oxygens (including phenoxy) is 1. The van der Waals surface area contributed by atoms with E-state index >= 15 is 0 Å². The summed E-state index contributed by atoms with van der Waals surface area (Å²) in [7, 11) is 1.46. The van der Waals surface area contributed by atoms with Crippen molar-refractivity contribution in [2.24, 2.45) is 0 Å². The van der Waals surface area contributed by atoms with Crippen LogP contribution in [0.4, 0.5) is 4.39 Å². The Labute approximate surface area is 188 Å². The van der Waals surface area contributed by atoms with Crippen molar-refractivity contribution in [1.29, 1.82) is 0 Å². The first-order valence-electron chi connectivity index (χ1n) is 9.88. The highest BCUT2D eigenvalue weighted by molar-refractivity contribution is 6.36. The molecule has 2 aromatic carbocycles. The molecule has 9 heteroatoms. The zero-order valence-electron chi connectivity index (χ0n) is 16.8. The zero-order valence-corrected chi connectivity index (χ0v) is 18.3. The molecule has 0 aliphatic carbocycles. The van der Waals surface area contributed by atoms with Gasteiger partial charge in [0.2, 0.25) is 11.8 Å². The van der Waals surface area contributed by atoms with Crippen molar-refractivity contribution in [2.75, 3.05) is 13.7 Å². The summed E-state index contributed by atoms with van der Waals surface area (Å²) in [4.78, 5) is 15.1. The SMILES string of the molecule is COc1c(Cl)cc(Cl)cc1C(=O)N1CCCCC1Cc1nnc(-c2cccc(F)c2)o1. The Bertz CT molecular complexity index is 1110. The van der Waals surface area contributed by atoms with E-state index in [1.807, 2.05) is 0 Å². The first kappa shape index (κ1) is 21.6. The molecule has 0 bridgehead atoms. The summed E-state index contributed by atoms with van der Waals surface area (Å²) < 4.78 is 24.6. The van der Waals surface area contributed by atoms with Gasteiger partial charge < -0.3 is 14.1 Å². The molecular formula is C22H20Cl2FN3O3. The largest absolute Gasteiger partial charge is 0.494 e. The van der Waals surface area contributed by atoms with Gasteiger partial charge in [-0.3, -0.25) is 4.79 Å². The molecule has 4 rings (SSSR count). The minimum atomic E-state index is -0.379. The van der Waals surface area contributed by atoms with Gasteiger partial charge in [0.15, 0.2) is 0 Å². The lowest BCUT2D eigenvalue weighted by Gasteiger charge is -2.35. The Morgan fingerprint density at radius 1 is 1.26 bits per heavy atom. The number of benzene rings is 2. The second-order valence-electron chi connectivity index (χ2n) is 7.33. The van der Waals surface area contributed by atoms with Crippen LogP contribution < -0.4 is 4.74 Å². The van der Waals surface area contributed by atoms with Crippen LogP contribution in [0.3, 0.4) is 0 Å². The molecule has 6 nitrogen and oxygen atoms in total. The number of aromatic nitrogens is 2. The van der Waals surface area contributed by atoms with Crippen molar-refractivity contribution in [1.82, 2.24) is 15.1 Å². The molecule has 162 valence electrons. The topological polar surface area (TPSA) is 68.5 Å². The summed E-state index contributed by atoms with van der Waals surface area (Å²) in [6.45, 7) is 0.585. The Morgan fingerprint density at radius 3 is 2.87 bits per heavy atom. The van der Waals surface area contributed by atoms with Gasteiger partial charge in [0.25, 0.3) is 5.91 Å². The number of amides is 1. The highest BCUT2D eigenvalue weighted by Crippen LogP contribution is 2.34. The fourth-order valence-corrected chi connectivity index (χ4v) is 4.41. The second kappa shape index (κ2) is 9.24. The van der Waals surface area contributed by atoms with Crippen LogP contribution in [0.5, 0.6) is 5.75 Å². The number of nitrogens with zero attached hydrogens (tertiary/aromatic N) is 3. The van der Waals surface area contributed by atoms with Crippen LogP contribution in [0.1, 0.15) is 35.5 Å². The highest BCUT2D eigenvalue weighted by atomic mass is 35.5. The standard InChI is InChI=1S/C22H20Cl2FN3O3/c1-30-20-17(10-14(23)11-18(20)24)22(29)28-8-3-2-7-16(28)12-19-26-27-21(31-19)13-5-4-6-15(25)9-13/h4-6,9-11,16H,2-3,7-8,12H2,1H3. The molecule has 1 saturated heterocycles. The number of carbonyl (C=O) groups excluding carboxylic acids is 1. The molecule has 2 heterocycles. The Kier molecular flexibility index (Phi) is 6.43. The molecule has 1 aliphatic rings. The lowest BCUT2D eigenvalue weighted by molar-refractivity contribution is 0.0602. The molecule has 1 aliphatic heterocycles. The summed E-state index contributed by atoms with van der Waals surface area (Å²) in [6, 6.07) is 8.94. The number of halogens is 3. The van der Waals surface area contributed by atoms with Gasteiger partial charge >= 0.3 is 0 Å². The predicted octanol–water partition coefficient (Wildman–Crippen LogP) is 5.43. The average Bonchev–Trinajstić information content (AvgIpc) is 3.22. The van der Waals surface area contributed by atoms with Gasteiger partial charge in [-0.15, -0.1) is 10.2 Å². The molecule has 0 spiro atoms. The van der Waals surface area contributed by atoms with E-state index < -0.39 is 0 Å². The van der Waals surface area contributed by atoms with Crippen molar-refractivity contribution in [3.8, 4) is 17.2 Å². The van der Waals surface area contributed by atoms with Crippen LogP contribution >= 0.6 is 23.2 Å². The Balaban J connectivity index is 1.57. The molecule has 1 aromatic heterocycles. The third-order valence-electron chi connectivity index (χ3n) is 5.28. The van der Waals surface area contributed by atoms with Crippen LogP contribution in [-0.4, -0.2) is 40.7 Å². The quantitative estimate of drug-likeness (QED) is 0.504. The summed E-state index contributed by atoms with van der Waals surface area (Å²) in [5, 5.41) is 8.77. The highest BCUT2D eigenvalue weighted by Gasteiger charge is 2.31. The summed E-state index contributed by atoms with van der Waals surface area (Å²) in [5.74, 6) is 0.337. The maximum atomic E-state index is 13.5. The number of likely N-dealkylation sites (tertiary alicyclic amines) is 1. The molecule has 0 radical (unpaired) electrons. The van der Waals surface area contributed by atoms with E-state index in [1.54, 1.807) is 29.2 Å². The summed E-state index contributed by atoms with van der Waals surface area (Å²) >= 11 is 12.3. The van der Waals surface area contributed by atoms with Crippen LogP contribution in [-0.2, 0) is 6.42 Å². The van der Waals surface area contributed by atoms with E-state index in [9.17, 15) is 9.18 Å². The number of piperidine rings is 1. The molecule has 1 atom stereocenters. The number of methoxy groups -OCH3 is 1. The van der Waals surface area contributed by atoms with E-state index in [0.29, 0.717) is 40.8 Å². The van der Waals surface area contributed by atoms with Crippen molar-refractivity contribution in [3.63, 3.8) is 0 Å². The van der Waals surface area contributed by atoms with Crippen LogP contribution in [0, 0.1) is 5.82 Å². The molecule has 1 unspecified atom stereocenters. The van der Waals surface area contributed by atoms with Crippen LogP contribution in [0.2, 0.25) is 10.0 Å². The second-order valence-corrected chi connectivity index (χ2v) is 8.18. The van der Waals surface area contributed by atoms with Crippen LogP contribution in [0.25, 0.3) is 11.5 Å². The summed E-state index contributed by atoms with van der Waals surface area (Å²) in [6.07, 6.45) is 3.05. The zero-order chi connectivity index (χ0) is 22.0. The third-order valence-corrected chi connectivity index (χ3v) is 5.78. The van der Waals surface area contributed by atoms with Crippen molar-refractivity contribution in [3.05, 3.63) is 63.7 Å². The maximum Gasteiger partial charge on any atom is 0.257 e. The molecule has 31 heavy (non-hydrogen) atoms. The van der Waals surface area contributed by atoms with Gasteiger partial charge in [0, 0.05) is 29.6 Å². The number of hydrogen-bond acceptors (Lipinski definition) is 5. The molecular weight excluding hydrogens is 444 g/mol. The third kappa shape index (κ3) is 4.67. The maximum absolute atomic E-state index is 13.5. The van der Waals surface area contributed by atoms with Crippen molar-refractivity contribution >= 4 is 29.1 Å². The van der Waals surface area contributed by atoms with Gasteiger partial charge in [-0.1, -0.05) is 29.3 Å². The molecule has 0 saturated carbocycles. The van der Waals surface area contributed by atoms with Gasteiger partial charge in [-0.25, -0.2) is 4.39 Å². The van der Waals surface area contributed by atoms with E-state index in [-0.39, 0.29) is 28.7 Å². The van der Waals surface area contributed by atoms with E-state index in [2.05, 4.69) is 10.2 Å². The lowest BCUT2D eigenvalue weighted by atomic mass is 9.98. The van der Waals surface area contributed by atoms with E-state index in [4.69, 9.17) is 32.4 Å². The van der Waals surface area contributed by atoms with Gasteiger partial charge in [0.05, 0.1) is 17.7 Å². The predicted molar refractivity (Wildman–Crippen MR) is 115 cm³/mol. The smallest absolute Gasteiger partial charge is 0.257 e. The Morgan fingerprint density at radius 2 is 2.10 bits per heavy atom. The van der Waals surface area contributed by atoms with Crippen LogP contribution in [0.15, 0.2) is 40.8 Å². The van der Waals surface area contributed by atoms with Crippen molar-refractivity contribution < 1.29 is 18.3 Å². The number of rotatable bonds is 5. The van der Waals surface area contributed by atoms with Gasteiger partial charge in [0.1, 0.15) is 11.6 Å². The molecule has 1 amide bonds. The van der Waals surface area contributed by atoms with Gasteiger partial charge in [-0.2, -0.15) is 0 Å². The first-order valence-corrected chi connectivity index (χ1v) is 10.6. The summed E-state index contributed by atoms with van der Waals surface area (Å²) in [5.41, 5.74) is 0.825. The number of carbonyl (C=O) groups is 1. The minimum Gasteiger partial charge on any atom is -0.494 e. The van der Waals surface area contributed by atoms with Gasteiger partial charge in [-0.05, 0) is 49.6 Å². The molecule has 0 N–H and O–H groups in total. The van der Waals surface area contributed by atoms with Crippen molar-refractivity contribution in [2.45, 2.75) is 31.7 Å². The molecule has 3 aromatic rings. The van der Waals surface area contributed by atoms with E-state index in [0.717, 1.165) is 19.3 Å².